The van der Waals surface area contributed by atoms with Gasteiger partial charge in [0.15, 0.2) is 0 Å². The van der Waals surface area contributed by atoms with Crippen LogP contribution in [0.1, 0.15) is 11.1 Å². The SMILES string of the molecule is COCCc1ccc(CCN2CCNCC2)cc1. The molecule has 1 saturated heterocycles. The van der Waals surface area contributed by atoms with Crippen LogP contribution in [0.3, 0.4) is 0 Å². The van der Waals surface area contributed by atoms with Gasteiger partial charge < -0.3 is 15.0 Å². The van der Waals surface area contributed by atoms with Gasteiger partial charge in [-0.25, -0.2) is 0 Å². The van der Waals surface area contributed by atoms with Crippen LogP contribution in [0.25, 0.3) is 0 Å². The van der Waals surface area contributed by atoms with E-state index in [0.717, 1.165) is 32.5 Å². The first-order valence-corrected chi connectivity index (χ1v) is 6.88. The van der Waals surface area contributed by atoms with Gasteiger partial charge in [0.1, 0.15) is 0 Å². The van der Waals surface area contributed by atoms with Gasteiger partial charge in [-0.15, -0.1) is 0 Å². The highest BCUT2D eigenvalue weighted by Crippen LogP contribution is 2.07. The fourth-order valence-corrected chi connectivity index (χ4v) is 2.31. The lowest BCUT2D eigenvalue weighted by atomic mass is 10.1. The minimum atomic E-state index is 0.806. The topological polar surface area (TPSA) is 24.5 Å². The van der Waals surface area contributed by atoms with Crippen molar-refractivity contribution < 1.29 is 4.74 Å². The van der Waals surface area contributed by atoms with Gasteiger partial charge in [-0.3, -0.25) is 0 Å². The molecule has 1 aliphatic rings. The Morgan fingerprint density at radius 3 is 2.28 bits per heavy atom. The largest absolute Gasteiger partial charge is 0.384 e. The molecule has 0 amide bonds. The Hall–Kier alpha value is -0.900. The zero-order chi connectivity index (χ0) is 12.6. The molecule has 100 valence electrons. The number of rotatable bonds is 6. The first kappa shape index (κ1) is 13.5. The minimum Gasteiger partial charge on any atom is -0.384 e. The van der Waals surface area contributed by atoms with Gasteiger partial charge in [0, 0.05) is 39.8 Å². The number of nitrogens with zero attached hydrogens (tertiary/aromatic N) is 1. The number of nitrogens with one attached hydrogen (secondary N) is 1. The lowest BCUT2D eigenvalue weighted by Gasteiger charge is -2.27. The molecular weight excluding hydrogens is 224 g/mol. The van der Waals surface area contributed by atoms with Gasteiger partial charge >= 0.3 is 0 Å². The van der Waals surface area contributed by atoms with Crippen molar-refractivity contribution in [3.05, 3.63) is 35.4 Å². The molecule has 0 bridgehead atoms. The molecule has 1 fully saturated rings. The molecule has 1 aromatic carbocycles. The van der Waals surface area contributed by atoms with Crippen LogP contribution in [-0.4, -0.2) is 51.3 Å². The van der Waals surface area contributed by atoms with Crippen molar-refractivity contribution in [2.75, 3.05) is 46.4 Å². The molecular formula is C15H24N2O. The number of piperazine rings is 1. The normalized spacial score (nSPS) is 16.9. The Balaban J connectivity index is 1.75. The zero-order valence-electron chi connectivity index (χ0n) is 11.3. The van der Waals surface area contributed by atoms with Crippen LogP contribution in [0, 0.1) is 0 Å². The van der Waals surface area contributed by atoms with E-state index in [4.69, 9.17) is 4.74 Å². The first-order valence-electron chi connectivity index (χ1n) is 6.88. The van der Waals surface area contributed by atoms with E-state index in [1.54, 1.807) is 7.11 Å². The molecule has 0 aliphatic carbocycles. The van der Waals surface area contributed by atoms with Crippen molar-refractivity contribution in [1.29, 1.82) is 0 Å². The fourth-order valence-electron chi connectivity index (χ4n) is 2.31. The maximum absolute atomic E-state index is 5.09. The molecule has 0 atom stereocenters. The monoisotopic (exact) mass is 248 g/mol. The average molecular weight is 248 g/mol. The molecule has 1 aromatic rings. The van der Waals surface area contributed by atoms with Gasteiger partial charge in [0.25, 0.3) is 0 Å². The maximum Gasteiger partial charge on any atom is 0.0502 e. The second-order valence-corrected chi connectivity index (χ2v) is 4.90. The van der Waals surface area contributed by atoms with Crippen LogP contribution >= 0.6 is 0 Å². The molecule has 0 saturated carbocycles. The third-order valence-electron chi connectivity index (χ3n) is 3.54. The predicted molar refractivity (Wildman–Crippen MR) is 75.0 cm³/mol. The van der Waals surface area contributed by atoms with Crippen LogP contribution in [0.2, 0.25) is 0 Å². The average Bonchev–Trinajstić information content (AvgIpc) is 2.45. The smallest absolute Gasteiger partial charge is 0.0502 e. The van der Waals surface area contributed by atoms with Crippen molar-refractivity contribution in [2.45, 2.75) is 12.8 Å². The second kappa shape index (κ2) is 7.52. The van der Waals surface area contributed by atoms with E-state index in [2.05, 4.69) is 34.5 Å². The highest BCUT2D eigenvalue weighted by molar-refractivity contribution is 5.23. The summed E-state index contributed by atoms with van der Waals surface area (Å²) in [7, 11) is 1.75. The molecule has 0 radical (unpaired) electrons. The number of ether oxygens (including phenoxy) is 1. The van der Waals surface area contributed by atoms with E-state index < -0.39 is 0 Å². The van der Waals surface area contributed by atoms with E-state index in [1.807, 2.05) is 0 Å². The third-order valence-corrected chi connectivity index (χ3v) is 3.54. The number of hydrogen-bond acceptors (Lipinski definition) is 3. The summed E-state index contributed by atoms with van der Waals surface area (Å²) in [6, 6.07) is 8.97. The maximum atomic E-state index is 5.09. The van der Waals surface area contributed by atoms with Crippen LogP contribution in [-0.2, 0) is 17.6 Å². The number of hydrogen-bond donors (Lipinski definition) is 1. The molecule has 3 heteroatoms. The van der Waals surface area contributed by atoms with Crippen molar-refractivity contribution in [2.24, 2.45) is 0 Å². The summed E-state index contributed by atoms with van der Waals surface area (Å²) in [4.78, 5) is 2.54. The number of benzene rings is 1. The van der Waals surface area contributed by atoms with Crippen molar-refractivity contribution in [1.82, 2.24) is 10.2 Å². The summed E-state index contributed by atoms with van der Waals surface area (Å²) in [6.45, 7) is 6.63. The third kappa shape index (κ3) is 4.41. The van der Waals surface area contributed by atoms with Crippen molar-refractivity contribution >= 4 is 0 Å². The molecule has 2 rings (SSSR count). The zero-order valence-corrected chi connectivity index (χ0v) is 11.3. The van der Waals surface area contributed by atoms with Gasteiger partial charge in [0.2, 0.25) is 0 Å². The molecule has 1 N–H and O–H groups in total. The summed E-state index contributed by atoms with van der Waals surface area (Å²) >= 11 is 0. The standard InChI is InChI=1S/C15H24N2O/c1-18-13-7-15-4-2-14(3-5-15)6-10-17-11-8-16-9-12-17/h2-5,16H,6-13H2,1H3. The lowest BCUT2D eigenvalue weighted by molar-refractivity contribution is 0.202. The quantitative estimate of drug-likeness (QED) is 0.822. The van der Waals surface area contributed by atoms with Gasteiger partial charge in [0.05, 0.1) is 6.61 Å². The summed E-state index contributed by atoms with van der Waals surface area (Å²) in [5.74, 6) is 0. The highest BCUT2D eigenvalue weighted by Gasteiger charge is 2.08. The summed E-state index contributed by atoms with van der Waals surface area (Å²) in [5.41, 5.74) is 2.80. The highest BCUT2D eigenvalue weighted by atomic mass is 16.5. The molecule has 1 aliphatic heterocycles. The van der Waals surface area contributed by atoms with E-state index in [-0.39, 0.29) is 0 Å². The Bertz CT molecular complexity index is 331. The van der Waals surface area contributed by atoms with E-state index in [0.29, 0.717) is 0 Å². The van der Waals surface area contributed by atoms with Gasteiger partial charge in [-0.1, -0.05) is 24.3 Å². The van der Waals surface area contributed by atoms with E-state index >= 15 is 0 Å². The molecule has 0 aromatic heterocycles. The van der Waals surface area contributed by atoms with Crippen LogP contribution < -0.4 is 5.32 Å². The molecule has 18 heavy (non-hydrogen) atoms. The Labute approximate surface area is 110 Å². The summed E-state index contributed by atoms with van der Waals surface area (Å²) in [5, 5.41) is 3.39. The first-order chi connectivity index (χ1) is 8.88. The Morgan fingerprint density at radius 1 is 1.06 bits per heavy atom. The van der Waals surface area contributed by atoms with Gasteiger partial charge in [-0.05, 0) is 24.0 Å². The molecule has 0 spiro atoms. The van der Waals surface area contributed by atoms with Crippen LogP contribution in [0.5, 0.6) is 0 Å². The van der Waals surface area contributed by atoms with Crippen molar-refractivity contribution in [3.63, 3.8) is 0 Å². The van der Waals surface area contributed by atoms with Crippen LogP contribution in [0.15, 0.2) is 24.3 Å². The van der Waals surface area contributed by atoms with Crippen molar-refractivity contribution in [3.8, 4) is 0 Å². The molecule has 0 unspecified atom stereocenters. The second-order valence-electron chi connectivity index (χ2n) is 4.90. The minimum absolute atomic E-state index is 0.806. The number of methoxy groups -OCH3 is 1. The van der Waals surface area contributed by atoms with Crippen LogP contribution in [0.4, 0.5) is 0 Å². The fraction of sp³-hybridized carbons (Fsp3) is 0.600. The summed E-state index contributed by atoms with van der Waals surface area (Å²) in [6.07, 6.45) is 2.17. The predicted octanol–water partition coefficient (Wildman–Crippen LogP) is 1.32. The van der Waals surface area contributed by atoms with E-state index in [9.17, 15) is 0 Å². The lowest BCUT2D eigenvalue weighted by Crippen LogP contribution is -2.44. The van der Waals surface area contributed by atoms with E-state index in [1.165, 1.54) is 30.8 Å². The Morgan fingerprint density at radius 2 is 1.67 bits per heavy atom. The Kier molecular flexibility index (Phi) is 5.65. The van der Waals surface area contributed by atoms with Gasteiger partial charge in [-0.2, -0.15) is 0 Å². The summed E-state index contributed by atoms with van der Waals surface area (Å²) < 4.78 is 5.09. The molecule has 1 heterocycles. The molecule has 3 nitrogen and oxygen atoms in total.